The Kier molecular flexibility index (Phi) is 5.73. The largest absolute Gasteiger partial charge is 0.391 e. The summed E-state index contributed by atoms with van der Waals surface area (Å²) in [5.41, 5.74) is 0.616. The number of hydrogen-bond donors (Lipinski definition) is 3. The molecule has 0 spiro atoms. The third-order valence-corrected chi connectivity index (χ3v) is 4.65. The van der Waals surface area contributed by atoms with Crippen molar-refractivity contribution in [1.82, 2.24) is 0 Å². The van der Waals surface area contributed by atoms with Gasteiger partial charge in [0, 0.05) is 18.5 Å². The van der Waals surface area contributed by atoms with Crippen molar-refractivity contribution in [2.75, 3.05) is 5.32 Å². The quantitative estimate of drug-likeness (QED) is 0.504. The second kappa shape index (κ2) is 7.60. The zero-order chi connectivity index (χ0) is 18.6. The molecule has 0 aliphatic rings. The molecule has 2 unspecified atom stereocenters. The summed E-state index contributed by atoms with van der Waals surface area (Å²) in [5.74, 6) is 0. The minimum Gasteiger partial charge on any atom is -0.391 e. The van der Waals surface area contributed by atoms with Crippen molar-refractivity contribution < 1.29 is 18.4 Å². The predicted octanol–water partition coefficient (Wildman–Crippen LogP) is 1.65. The normalized spacial score (nSPS) is 13.9. The number of primary sulfonamides is 1. The van der Waals surface area contributed by atoms with Crippen LogP contribution in [0.4, 0.5) is 11.4 Å². The van der Waals surface area contributed by atoms with Crippen LogP contribution in [-0.2, 0) is 16.4 Å². The monoisotopic (exact) mass is 365 g/mol. The fourth-order valence-electron chi connectivity index (χ4n) is 2.34. The highest BCUT2D eigenvalue weighted by Crippen LogP contribution is 2.28. The van der Waals surface area contributed by atoms with Gasteiger partial charge in [0.15, 0.2) is 0 Å². The Hall–Kier alpha value is -2.49. The molecule has 0 fully saturated rings. The van der Waals surface area contributed by atoms with Crippen molar-refractivity contribution in [2.45, 2.75) is 30.4 Å². The van der Waals surface area contributed by atoms with Gasteiger partial charge in [-0.2, -0.15) is 0 Å². The molecule has 0 amide bonds. The second-order valence-electron chi connectivity index (χ2n) is 5.67. The van der Waals surface area contributed by atoms with Gasteiger partial charge in [0.2, 0.25) is 10.0 Å². The summed E-state index contributed by atoms with van der Waals surface area (Å²) < 4.78 is 22.7. The number of aliphatic hydroxyl groups excluding tert-OH is 1. The van der Waals surface area contributed by atoms with Crippen molar-refractivity contribution >= 4 is 21.4 Å². The molecule has 2 atom stereocenters. The molecule has 9 heteroatoms. The first kappa shape index (κ1) is 18.8. The van der Waals surface area contributed by atoms with Crippen LogP contribution in [-0.4, -0.2) is 30.6 Å². The molecule has 2 aromatic carbocycles. The summed E-state index contributed by atoms with van der Waals surface area (Å²) in [7, 11) is -4.04. The molecule has 2 rings (SSSR count). The lowest BCUT2D eigenvalue weighted by Gasteiger charge is -2.21. The smallest absolute Gasteiger partial charge is 0.293 e. The second-order valence-corrected chi connectivity index (χ2v) is 7.23. The molecule has 2 aromatic rings. The summed E-state index contributed by atoms with van der Waals surface area (Å²) in [6.07, 6.45) is -0.419. The molecule has 8 nitrogen and oxygen atoms in total. The Balaban J connectivity index is 2.19. The van der Waals surface area contributed by atoms with Gasteiger partial charge in [0.25, 0.3) is 5.69 Å². The van der Waals surface area contributed by atoms with E-state index in [1.165, 1.54) is 12.1 Å². The Bertz CT molecular complexity index is 855. The molecule has 0 aliphatic carbocycles. The highest BCUT2D eigenvalue weighted by Gasteiger charge is 2.22. The van der Waals surface area contributed by atoms with Crippen LogP contribution in [0.2, 0.25) is 0 Å². The number of nitrogens with zero attached hydrogens (tertiary/aromatic N) is 1. The lowest BCUT2D eigenvalue weighted by molar-refractivity contribution is -0.384. The Morgan fingerprint density at radius 1 is 1.24 bits per heavy atom. The van der Waals surface area contributed by atoms with Gasteiger partial charge in [0.05, 0.1) is 15.9 Å². The molecular formula is C16H19N3O5S. The maximum absolute atomic E-state index is 11.3. The van der Waals surface area contributed by atoms with Gasteiger partial charge in [0.1, 0.15) is 5.69 Å². The van der Waals surface area contributed by atoms with E-state index in [0.29, 0.717) is 6.42 Å². The van der Waals surface area contributed by atoms with Gasteiger partial charge in [-0.3, -0.25) is 10.1 Å². The van der Waals surface area contributed by atoms with Crippen LogP contribution in [0.5, 0.6) is 0 Å². The van der Waals surface area contributed by atoms with E-state index in [0.717, 1.165) is 11.6 Å². The number of anilines is 1. The summed E-state index contributed by atoms with van der Waals surface area (Å²) >= 11 is 0. The highest BCUT2D eigenvalue weighted by molar-refractivity contribution is 7.89. The fourth-order valence-corrected chi connectivity index (χ4v) is 2.87. The molecule has 0 radical (unpaired) electrons. The van der Waals surface area contributed by atoms with Crippen LogP contribution >= 0.6 is 0 Å². The van der Waals surface area contributed by atoms with Crippen LogP contribution < -0.4 is 10.5 Å². The number of sulfonamides is 1. The summed E-state index contributed by atoms with van der Waals surface area (Å²) in [5, 5.41) is 29.4. The van der Waals surface area contributed by atoms with Crippen molar-refractivity contribution in [3.8, 4) is 0 Å². The van der Waals surface area contributed by atoms with Crippen molar-refractivity contribution in [2.24, 2.45) is 5.14 Å². The van der Waals surface area contributed by atoms with Crippen LogP contribution in [0, 0.1) is 10.1 Å². The minimum absolute atomic E-state index is 0.108. The molecule has 0 saturated heterocycles. The predicted molar refractivity (Wildman–Crippen MR) is 93.7 cm³/mol. The number of nitrogens with two attached hydrogens (primary N) is 1. The first-order valence-electron chi connectivity index (χ1n) is 7.48. The molecular weight excluding hydrogens is 346 g/mol. The molecule has 0 bridgehead atoms. The Labute approximate surface area is 145 Å². The van der Waals surface area contributed by atoms with E-state index >= 15 is 0 Å². The van der Waals surface area contributed by atoms with E-state index < -0.39 is 32.8 Å². The summed E-state index contributed by atoms with van der Waals surface area (Å²) in [4.78, 5) is 10.2. The molecule has 0 aliphatic heterocycles. The lowest BCUT2D eigenvalue weighted by atomic mass is 10.0. The third kappa shape index (κ3) is 4.99. The number of nitrogens with one attached hydrogen (secondary N) is 1. The summed E-state index contributed by atoms with van der Waals surface area (Å²) in [6, 6.07) is 12.2. The molecule has 4 N–H and O–H groups in total. The summed E-state index contributed by atoms with van der Waals surface area (Å²) in [6.45, 7) is 1.69. The van der Waals surface area contributed by atoms with E-state index in [4.69, 9.17) is 5.14 Å². The van der Waals surface area contributed by atoms with E-state index in [9.17, 15) is 23.6 Å². The number of benzene rings is 2. The van der Waals surface area contributed by atoms with Crippen LogP contribution in [0.1, 0.15) is 12.5 Å². The average Bonchev–Trinajstić information content (AvgIpc) is 2.54. The maximum Gasteiger partial charge on any atom is 0.293 e. The molecule has 0 heterocycles. The maximum atomic E-state index is 11.3. The number of nitro groups is 1. The number of nitro benzene ring substituents is 1. The van der Waals surface area contributed by atoms with Gasteiger partial charge in [-0.1, -0.05) is 30.3 Å². The van der Waals surface area contributed by atoms with E-state index in [1.807, 2.05) is 30.3 Å². The molecule has 0 aromatic heterocycles. The van der Waals surface area contributed by atoms with Crippen molar-refractivity contribution in [1.29, 1.82) is 0 Å². The van der Waals surface area contributed by atoms with Crippen LogP contribution in [0.25, 0.3) is 0 Å². The minimum atomic E-state index is -4.04. The van der Waals surface area contributed by atoms with Crippen LogP contribution in [0.15, 0.2) is 53.4 Å². The van der Waals surface area contributed by atoms with Crippen molar-refractivity contribution in [3.63, 3.8) is 0 Å². The van der Waals surface area contributed by atoms with E-state index in [-0.39, 0.29) is 10.6 Å². The highest BCUT2D eigenvalue weighted by atomic mass is 32.2. The standard InChI is InChI=1S/C16H19N3O5S/c1-11(16(20)9-12-5-3-2-4-6-12)18-14-8-7-13(25(17,23)24)10-15(14)19(21)22/h2-8,10-11,16,18,20H,9H2,1H3,(H2,17,23,24). The molecule has 134 valence electrons. The fraction of sp³-hybridized carbons (Fsp3) is 0.250. The van der Waals surface area contributed by atoms with Crippen LogP contribution in [0.3, 0.4) is 0 Å². The molecule has 0 saturated carbocycles. The van der Waals surface area contributed by atoms with Gasteiger partial charge >= 0.3 is 0 Å². The Morgan fingerprint density at radius 3 is 2.44 bits per heavy atom. The number of aliphatic hydroxyl groups is 1. The third-order valence-electron chi connectivity index (χ3n) is 3.74. The van der Waals surface area contributed by atoms with Gasteiger partial charge in [-0.05, 0) is 24.6 Å². The zero-order valence-corrected chi connectivity index (χ0v) is 14.3. The first-order chi connectivity index (χ1) is 11.7. The van der Waals surface area contributed by atoms with Gasteiger partial charge < -0.3 is 10.4 Å². The molecule has 25 heavy (non-hydrogen) atoms. The van der Waals surface area contributed by atoms with Gasteiger partial charge in [-0.15, -0.1) is 0 Å². The zero-order valence-electron chi connectivity index (χ0n) is 13.5. The van der Waals surface area contributed by atoms with Crippen molar-refractivity contribution in [3.05, 3.63) is 64.2 Å². The Morgan fingerprint density at radius 2 is 1.88 bits per heavy atom. The van der Waals surface area contributed by atoms with E-state index in [1.54, 1.807) is 6.92 Å². The first-order valence-corrected chi connectivity index (χ1v) is 9.03. The number of hydrogen-bond acceptors (Lipinski definition) is 6. The lowest BCUT2D eigenvalue weighted by Crippen LogP contribution is -2.32. The SMILES string of the molecule is CC(Nc1ccc(S(N)(=O)=O)cc1[N+](=O)[O-])C(O)Cc1ccccc1. The van der Waals surface area contributed by atoms with Gasteiger partial charge in [-0.25, -0.2) is 13.6 Å². The van der Waals surface area contributed by atoms with E-state index in [2.05, 4.69) is 5.32 Å². The average molecular weight is 365 g/mol. The number of rotatable bonds is 7. The topological polar surface area (TPSA) is 136 Å².